The van der Waals surface area contributed by atoms with E-state index >= 15 is 0 Å². The summed E-state index contributed by atoms with van der Waals surface area (Å²) in [5.41, 5.74) is 0.896. The molecule has 20 heavy (non-hydrogen) atoms. The highest BCUT2D eigenvalue weighted by Gasteiger charge is 2.39. The molecule has 0 aromatic heterocycles. The van der Waals surface area contributed by atoms with Crippen molar-refractivity contribution in [2.24, 2.45) is 0 Å². The van der Waals surface area contributed by atoms with Crippen LogP contribution in [0.2, 0.25) is 0 Å². The van der Waals surface area contributed by atoms with Crippen molar-refractivity contribution >= 4 is 27.8 Å². The summed E-state index contributed by atoms with van der Waals surface area (Å²) >= 11 is 0. The third-order valence-corrected chi connectivity index (χ3v) is 4.35. The van der Waals surface area contributed by atoms with Crippen LogP contribution in [0.4, 0.5) is 9.57 Å². The molecule has 108 valence electrons. The van der Waals surface area contributed by atoms with E-state index in [2.05, 4.69) is 0 Å². The van der Waals surface area contributed by atoms with Gasteiger partial charge in [-0.05, 0) is 30.7 Å². The Morgan fingerprint density at radius 1 is 1.45 bits per heavy atom. The molecule has 1 aliphatic heterocycles. The molecule has 0 radical (unpaired) electrons. The number of carboxylic acid groups (broad SMARTS) is 1. The van der Waals surface area contributed by atoms with E-state index in [9.17, 15) is 21.9 Å². The van der Waals surface area contributed by atoms with Gasteiger partial charge in [-0.15, -0.1) is 3.89 Å². The van der Waals surface area contributed by atoms with Crippen LogP contribution in [-0.4, -0.2) is 37.2 Å². The van der Waals surface area contributed by atoms with Crippen LogP contribution in [-0.2, 0) is 15.0 Å². The number of anilines is 1. The summed E-state index contributed by atoms with van der Waals surface area (Å²) in [4.78, 5) is 23.8. The molecular formula is C12H12FNO5S. The van der Waals surface area contributed by atoms with Gasteiger partial charge in [-0.2, -0.15) is 8.42 Å². The average molecular weight is 301 g/mol. The summed E-state index contributed by atoms with van der Waals surface area (Å²) in [6.45, 7) is 1.31. The monoisotopic (exact) mass is 301 g/mol. The molecule has 0 saturated carbocycles. The van der Waals surface area contributed by atoms with Crippen LogP contribution < -0.4 is 4.90 Å². The molecule has 1 amide bonds. The maximum Gasteiger partial charge on any atom is 0.335 e. The molecule has 1 N–H and O–H groups in total. The van der Waals surface area contributed by atoms with Crippen molar-refractivity contribution < 1.29 is 27.0 Å². The van der Waals surface area contributed by atoms with Gasteiger partial charge < -0.3 is 10.0 Å². The Morgan fingerprint density at radius 3 is 2.55 bits per heavy atom. The SMILES string of the molecule is Cc1cc(N2CC(S(=O)(=O)F)CC2=O)ccc1C(=O)O. The standard InChI is InChI=1S/C12H12FNO5S/c1-7-4-8(2-3-10(7)12(16)17)14-6-9(5-11(14)15)20(13,18)19/h2-4,9H,5-6H2,1H3,(H,16,17). The molecule has 1 unspecified atom stereocenters. The molecule has 0 bridgehead atoms. The second-order valence-corrected chi connectivity index (χ2v) is 6.23. The average Bonchev–Trinajstić information content (AvgIpc) is 2.70. The Hall–Kier alpha value is -1.96. The fourth-order valence-electron chi connectivity index (χ4n) is 2.17. The number of aryl methyl sites for hydroxylation is 1. The van der Waals surface area contributed by atoms with Gasteiger partial charge in [-0.3, -0.25) is 4.79 Å². The lowest BCUT2D eigenvalue weighted by molar-refractivity contribution is -0.117. The predicted molar refractivity (Wildman–Crippen MR) is 68.9 cm³/mol. The minimum atomic E-state index is -4.76. The van der Waals surface area contributed by atoms with Crippen molar-refractivity contribution in [3.8, 4) is 0 Å². The molecule has 0 aliphatic carbocycles. The highest BCUT2D eigenvalue weighted by atomic mass is 32.3. The van der Waals surface area contributed by atoms with Crippen molar-refractivity contribution in [1.82, 2.24) is 0 Å². The quantitative estimate of drug-likeness (QED) is 0.844. The maximum absolute atomic E-state index is 12.9. The Balaban J connectivity index is 2.31. The van der Waals surface area contributed by atoms with E-state index < -0.39 is 33.8 Å². The normalized spacial score (nSPS) is 19.4. The molecule has 1 aromatic carbocycles. The molecule has 2 rings (SSSR count). The first-order valence-electron chi connectivity index (χ1n) is 5.78. The third kappa shape index (κ3) is 2.64. The van der Waals surface area contributed by atoms with Crippen molar-refractivity contribution in [1.29, 1.82) is 0 Å². The van der Waals surface area contributed by atoms with Gasteiger partial charge in [0, 0.05) is 18.7 Å². The fourth-order valence-corrected chi connectivity index (χ4v) is 2.84. The lowest BCUT2D eigenvalue weighted by atomic mass is 10.1. The zero-order chi connectivity index (χ0) is 15.1. The number of halogens is 1. The van der Waals surface area contributed by atoms with Gasteiger partial charge in [0.25, 0.3) is 0 Å². The molecule has 0 spiro atoms. The summed E-state index contributed by atoms with van der Waals surface area (Å²) in [6, 6.07) is 4.20. The van der Waals surface area contributed by atoms with Crippen molar-refractivity contribution in [2.45, 2.75) is 18.6 Å². The van der Waals surface area contributed by atoms with E-state index in [1.54, 1.807) is 6.92 Å². The van der Waals surface area contributed by atoms with Crippen molar-refractivity contribution in [2.75, 3.05) is 11.4 Å². The Morgan fingerprint density at radius 2 is 2.10 bits per heavy atom. The number of nitrogens with zero attached hydrogens (tertiary/aromatic N) is 1. The largest absolute Gasteiger partial charge is 0.478 e. The fraction of sp³-hybridized carbons (Fsp3) is 0.333. The van der Waals surface area contributed by atoms with Crippen LogP contribution in [0.1, 0.15) is 22.3 Å². The number of aromatic carboxylic acids is 1. The molecule has 1 aromatic rings. The molecular weight excluding hydrogens is 289 g/mol. The van der Waals surface area contributed by atoms with Crippen LogP contribution >= 0.6 is 0 Å². The summed E-state index contributed by atoms with van der Waals surface area (Å²) in [6.07, 6.45) is -0.404. The summed E-state index contributed by atoms with van der Waals surface area (Å²) < 4.78 is 34.6. The van der Waals surface area contributed by atoms with E-state index in [1.807, 2.05) is 0 Å². The van der Waals surface area contributed by atoms with Gasteiger partial charge in [0.1, 0.15) is 5.25 Å². The van der Waals surface area contributed by atoms with E-state index in [0.717, 1.165) is 4.90 Å². The number of benzene rings is 1. The van der Waals surface area contributed by atoms with E-state index in [1.165, 1.54) is 18.2 Å². The number of hydrogen-bond donors (Lipinski definition) is 1. The van der Waals surface area contributed by atoms with Crippen LogP contribution in [0.25, 0.3) is 0 Å². The van der Waals surface area contributed by atoms with Gasteiger partial charge in [0.05, 0.1) is 5.56 Å². The zero-order valence-electron chi connectivity index (χ0n) is 10.5. The second-order valence-electron chi connectivity index (χ2n) is 4.61. The van der Waals surface area contributed by atoms with E-state index in [4.69, 9.17) is 5.11 Å². The Labute approximate surface area is 115 Å². The first-order chi connectivity index (χ1) is 9.20. The van der Waals surface area contributed by atoms with E-state index in [0.29, 0.717) is 11.3 Å². The summed E-state index contributed by atoms with van der Waals surface area (Å²) in [5, 5.41) is 7.55. The van der Waals surface area contributed by atoms with Gasteiger partial charge >= 0.3 is 16.2 Å². The highest BCUT2D eigenvalue weighted by Crippen LogP contribution is 2.27. The Bertz CT molecular complexity index is 685. The van der Waals surface area contributed by atoms with Gasteiger partial charge in [0.15, 0.2) is 0 Å². The molecule has 1 heterocycles. The van der Waals surface area contributed by atoms with Crippen LogP contribution in [0.15, 0.2) is 18.2 Å². The van der Waals surface area contributed by atoms with Gasteiger partial charge in [-0.1, -0.05) is 0 Å². The molecule has 8 heteroatoms. The molecule has 1 fully saturated rings. The van der Waals surface area contributed by atoms with Gasteiger partial charge in [0.2, 0.25) is 5.91 Å². The molecule has 1 atom stereocenters. The topological polar surface area (TPSA) is 91.8 Å². The summed E-state index contributed by atoms with van der Waals surface area (Å²) in [5.74, 6) is -1.59. The number of rotatable bonds is 3. The highest BCUT2D eigenvalue weighted by molar-refractivity contribution is 7.87. The minimum Gasteiger partial charge on any atom is -0.478 e. The van der Waals surface area contributed by atoms with Gasteiger partial charge in [-0.25, -0.2) is 4.79 Å². The molecule has 1 saturated heterocycles. The van der Waals surface area contributed by atoms with Crippen LogP contribution in [0.3, 0.4) is 0 Å². The first kappa shape index (κ1) is 14.4. The number of carboxylic acids is 1. The van der Waals surface area contributed by atoms with Crippen LogP contribution in [0, 0.1) is 6.92 Å². The second kappa shape index (κ2) is 4.86. The number of carbonyl (C=O) groups is 2. The third-order valence-electron chi connectivity index (χ3n) is 3.24. The number of hydrogen-bond acceptors (Lipinski definition) is 4. The Kier molecular flexibility index (Phi) is 3.51. The van der Waals surface area contributed by atoms with Crippen molar-refractivity contribution in [3.05, 3.63) is 29.3 Å². The number of carbonyl (C=O) groups excluding carboxylic acids is 1. The predicted octanol–water partition coefficient (Wildman–Crippen LogP) is 1.10. The zero-order valence-corrected chi connectivity index (χ0v) is 11.4. The maximum atomic E-state index is 12.9. The first-order valence-corrected chi connectivity index (χ1v) is 7.22. The van der Waals surface area contributed by atoms with Crippen LogP contribution in [0.5, 0.6) is 0 Å². The van der Waals surface area contributed by atoms with E-state index in [-0.39, 0.29) is 12.1 Å². The van der Waals surface area contributed by atoms with Crippen molar-refractivity contribution in [3.63, 3.8) is 0 Å². The number of amides is 1. The molecule has 1 aliphatic rings. The summed E-state index contributed by atoms with van der Waals surface area (Å²) in [7, 11) is -4.76. The smallest absolute Gasteiger partial charge is 0.335 e. The lowest BCUT2D eigenvalue weighted by Crippen LogP contribution is -2.27. The molecule has 6 nitrogen and oxygen atoms in total. The minimum absolute atomic E-state index is 0.0926. The lowest BCUT2D eigenvalue weighted by Gasteiger charge is -2.17.